The molecule has 1 saturated heterocycles. The number of quaternary nitrogens is 1. The van der Waals surface area contributed by atoms with Gasteiger partial charge in [-0.25, -0.2) is 0 Å². The molecular formula is C40H72NO3+. The largest absolute Gasteiger partial charge is 0.459 e. The molecule has 44 heavy (non-hydrogen) atoms. The highest BCUT2D eigenvalue weighted by molar-refractivity contribution is 5.74. The minimum Gasteiger partial charge on any atom is -0.459 e. The van der Waals surface area contributed by atoms with Crippen LogP contribution in [0.1, 0.15) is 134 Å². The quantitative estimate of drug-likeness (QED) is 0.164. The van der Waals surface area contributed by atoms with E-state index in [4.69, 9.17) is 9.47 Å². The van der Waals surface area contributed by atoms with Gasteiger partial charge in [0.25, 0.3) is 0 Å². The molecule has 0 N–H and O–H groups in total. The Morgan fingerprint density at radius 3 is 1.77 bits per heavy atom. The minimum absolute atomic E-state index is 0.0404. The monoisotopic (exact) mass is 615 g/mol. The molecule has 1 aliphatic rings. The molecule has 1 fully saturated rings. The van der Waals surface area contributed by atoms with Gasteiger partial charge in [0, 0.05) is 18.3 Å². The molecule has 0 radical (unpaired) electrons. The summed E-state index contributed by atoms with van der Waals surface area (Å²) < 4.78 is 13.8. The predicted molar refractivity (Wildman–Crippen MR) is 188 cm³/mol. The van der Waals surface area contributed by atoms with Gasteiger partial charge in [-0.15, -0.1) is 0 Å². The zero-order chi connectivity index (χ0) is 34.2. The maximum Gasteiger partial charge on any atom is 0.310 e. The summed E-state index contributed by atoms with van der Waals surface area (Å²) in [6.07, 6.45) is 3.91. The molecule has 0 spiro atoms. The maximum absolute atomic E-state index is 14.0. The van der Waals surface area contributed by atoms with Crippen LogP contribution in [0.4, 0.5) is 0 Å². The molecule has 3 unspecified atom stereocenters. The van der Waals surface area contributed by atoms with Crippen LogP contribution >= 0.6 is 0 Å². The number of hydrogen-bond donors (Lipinski definition) is 0. The Morgan fingerprint density at radius 1 is 0.795 bits per heavy atom. The highest BCUT2D eigenvalue weighted by Crippen LogP contribution is 2.52. The van der Waals surface area contributed by atoms with E-state index in [-0.39, 0.29) is 28.1 Å². The molecule has 2 rings (SSSR count). The van der Waals surface area contributed by atoms with Gasteiger partial charge in [0.05, 0.1) is 45.3 Å². The van der Waals surface area contributed by atoms with Gasteiger partial charge >= 0.3 is 5.97 Å². The number of rotatable bonds is 13. The predicted octanol–water partition coefficient (Wildman–Crippen LogP) is 10.2. The lowest BCUT2D eigenvalue weighted by molar-refractivity contribution is -0.880. The zero-order valence-electron chi connectivity index (χ0n) is 32.2. The fourth-order valence-corrected chi connectivity index (χ4v) is 7.34. The van der Waals surface area contributed by atoms with Crippen LogP contribution in [0, 0.1) is 46.3 Å². The van der Waals surface area contributed by atoms with E-state index in [2.05, 4.69) is 128 Å². The van der Waals surface area contributed by atoms with Crippen LogP contribution < -0.4 is 0 Å². The van der Waals surface area contributed by atoms with E-state index in [0.29, 0.717) is 24.4 Å². The number of hydrogen-bond acceptors (Lipinski definition) is 3. The summed E-state index contributed by atoms with van der Waals surface area (Å²) in [5.41, 5.74) is 1.54. The number of nitrogens with zero attached hydrogens (tertiary/aromatic N) is 1. The van der Waals surface area contributed by atoms with Crippen molar-refractivity contribution < 1.29 is 18.8 Å². The third-order valence-corrected chi connectivity index (χ3v) is 10.9. The summed E-state index contributed by atoms with van der Waals surface area (Å²) in [6.45, 7) is 36.8. The first-order valence-electron chi connectivity index (χ1n) is 17.3. The zero-order valence-corrected chi connectivity index (χ0v) is 32.2. The lowest BCUT2D eigenvalue weighted by Crippen LogP contribution is -2.44. The molecule has 1 aliphatic heterocycles. The Labute approximate surface area is 273 Å². The Bertz CT molecular complexity index is 1080. The number of ether oxygens (including phenoxy) is 2. The van der Waals surface area contributed by atoms with Crippen molar-refractivity contribution in [2.75, 3.05) is 33.8 Å². The van der Waals surface area contributed by atoms with Gasteiger partial charge < -0.3 is 14.0 Å². The van der Waals surface area contributed by atoms with E-state index in [0.717, 1.165) is 22.4 Å². The normalized spacial score (nSPS) is 20.9. The molecule has 0 aromatic heterocycles. The summed E-state index contributed by atoms with van der Waals surface area (Å²) in [5, 5.41) is 0. The fraction of sp³-hybridized carbons (Fsp3) is 0.825. The first kappa shape index (κ1) is 38.8. The van der Waals surface area contributed by atoms with Gasteiger partial charge in [-0.05, 0) is 81.1 Å². The number of likely N-dealkylation sites (tertiary alicyclic amines) is 1. The molecule has 254 valence electrons. The first-order valence-corrected chi connectivity index (χ1v) is 17.3. The number of carbonyl (C=O) groups excluding carboxylic acids is 1. The highest BCUT2D eigenvalue weighted by atomic mass is 16.6. The molecule has 0 amide bonds. The van der Waals surface area contributed by atoms with Crippen LogP contribution in [0.5, 0.6) is 0 Å². The summed E-state index contributed by atoms with van der Waals surface area (Å²) in [6, 6.07) is 8.52. The van der Waals surface area contributed by atoms with Gasteiger partial charge in [-0.2, -0.15) is 0 Å². The average molecular weight is 615 g/mol. The standard InChI is InChI=1S/C40H72NO3/c1-29-18-20-32(21-19-29)40(14,15)43-23-22-39(12,13)44-34(42)33(36(5,6)7)26-38(10,11)37(8,9)25-31-28-41(16,17)27-30(31)24-35(2,3)4/h18-21,30-31,33H,22-28H2,1-17H3/q+1. The van der Waals surface area contributed by atoms with Gasteiger partial charge in [0.2, 0.25) is 0 Å². The number of esters is 1. The van der Waals surface area contributed by atoms with Gasteiger partial charge in [0.1, 0.15) is 5.60 Å². The summed E-state index contributed by atoms with van der Waals surface area (Å²) in [4.78, 5) is 14.0. The lowest BCUT2D eigenvalue weighted by Gasteiger charge is -2.47. The molecule has 1 heterocycles. The summed E-state index contributed by atoms with van der Waals surface area (Å²) in [7, 11) is 4.80. The second-order valence-corrected chi connectivity index (χ2v) is 19.8. The molecule has 1 aromatic rings. The average Bonchev–Trinajstić information content (AvgIpc) is 3.06. The van der Waals surface area contributed by atoms with Crippen molar-refractivity contribution in [2.45, 2.75) is 141 Å². The molecule has 0 saturated carbocycles. The van der Waals surface area contributed by atoms with E-state index in [1.165, 1.54) is 31.5 Å². The number of aryl methyl sites for hydroxylation is 1. The van der Waals surface area contributed by atoms with E-state index in [1.807, 2.05) is 13.8 Å². The Morgan fingerprint density at radius 2 is 1.30 bits per heavy atom. The smallest absolute Gasteiger partial charge is 0.310 e. The van der Waals surface area contributed by atoms with E-state index >= 15 is 0 Å². The van der Waals surface area contributed by atoms with E-state index in [1.54, 1.807) is 0 Å². The van der Waals surface area contributed by atoms with Crippen LogP contribution in [0.15, 0.2) is 24.3 Å². The van der Waals surface area contributed by atoms with Crippen molar-refractivity contribution >= 4 is 5.97 Å². The minimum atomic E-state index is -0.614. The number of benzene rings is 1. The summed E-state index contributed by atoms with van der Waals surface area (Å²) in [5.74, 6) is 1.17. The Hall–Kier alpha value is -1.39. The lowest BCUT2D eigenvalue weighted by atomic mass is 9.57. The molecule has 4 nitrogen and oxygen atoms in total. The Balaban J connectivity index is 2.12. The van der Waals surface area contributed by atoms with Crippen molar-refractivity contribution in [2.24, 2.45) is 39.4 Å². The van der Waals surface area contributed by atoms with Crippen molar-refractivity contribution in [1.82, 2.24) is 0 Å². The number of carbonyl (C=O) groups is 1. The van der Waals surface area contributed by atoms with E-state index < -0.39 is 11.2 Å². The van der Waals surface area contributed by atoms with Crippen LogP contribution in [0.2, 0.25) is 0 Å². The second kappa shape index (κ2) is 13.4. The van der Waals surface area contributed by atoms with Gasteiger partial charge in [-0.3, -0.25) is 4.79 Å². The van der Waals surface area contributed by atoms with Crippen LogP contribution in [-0.4, -0.2) is 49.8 Å². The topological polar surface area (TPSA) is 35.5 Å². The van der Waals surface area contributed by atoms with Crippen LogP contribution in [0.3, 0.4) is 0 Å². The van der Waals surface area contributed by atoms with Crippen molar-refractivity contribution in [3.8, 4) is 0 Å². The second-order valence-electron chi connectivity index (χ2n) is 19.8. The van der Waals surface area contributed by atoms with E-state index in [9.17, 15) is 4.79 Å². The fourth-order valence-electron chi connectivity index (χ4n) is 7.34. The third-order valence-electron chi connectivity index (χ3n) is 10.9. The van der Waals surface area contributed by atoms with Crippen molar-refractivity contribution in [3.63, 3.8) is 0 Å². The highest BCUT2D eigenvalue weighted by Gasteiger charge is 2.49. The third kappa shape index (κ3) is 11.1. The summed E-state index contributed by atoms with van der Waals surface area (Å²) >= 11 is 0. The van der Waals surface area contributed by atoms with Crippen molar-refractivity contribution in [3.05, 3.63) is 35.4 Å². The molecule has 3 atom stereocenters. The van der Waals surface area contributed by atoms with Gasteiger partial charge in [-0.1, -0.05) is 99.1 Å². The molecule has 1 aromatic carbocycles. The molecule has 0 aliphatic carbocycles. The molecular weight excluding hydrogens is 542 g/mol. The molecule has 4 heteroatoms. The Kier molecular flexibility index (Phi) is 11.8. The first-order chi connectivity index (χ1) is 19.6. The van der Waals surface area contributed by atoms with Gasteiger partial charge in [0.15, 0.2) is 0 Å². The van der Waals surface area contributed by atoms with Crippen LogP contribution in [-0.2, 0) is 19.9 Å². The molecule has 0 bridgehead atoms. The van der Waals surface area contributed by atoms with Crippen molar-refractivity contribution in [1.29, 1.82) is 0 Å². The van der Waals surface area contributed by atoms with Crippen LogP contribution in [0.25, 0.3) is 0 Å². The SMILES string of the molecule is Cc1ccc(C(C)(C)OCCC(C)(C)OC(=O)C(CC(C)(C)C(C)(C)CC2C[N+](C)(C)CC2CC(C)(C)C)C(C)(C)C)cc1. The maximum atomic E-state index is 14.0.